The molecule has 5 rings (SSSR count). The maximum atomic E-state index is 13.2. The minimum absolute atomic E-state index is 0.0204. The van der Waals surface area contributed by atoms with Crippen LogP contribution in [0.15, 0.2) is 29.3 Å². The molecule has 7 heteroatoms. The van der Waals surface area contributed by atoms with Gasteiger partial charge in [-0.3, -0.25) is 19.5 Å². The van der Waals surface area contributed by atoms with Gasteiger partial charge in [0, 0.05) is 29.1 Å². The van der Waals surface area contributed by atoms with Gasteiger partial charge in [0.25, 0.3) is 0 Å². The van der Waals surface area contributed by atoms with Gasteiger partial charge in [-0.15, -0.1) is 11.3 Å². The quantitative estimate of drug-likeness (QED) is 0.742. The Kier molecular flexibility index (Phi) is 5.63. The Balaban J connectivity index is 1.57. The first-order chi connectivity index (χ1) is 15.1. The molecule has 6 nitrogen and oxygen atoms in total. The summed E-state index contributed by atoms with van der Waals surface area (Å²) in [6, 6.07) is 8.32. The molecule has 162 valence electrons. The summed E-state index contributed by atoms with van der Waals surface area (Å²) in [4.78, 5) is 35.8. The Morgan fingerprint density at radius 2 is 2.00 bits per heavy atom. The Labute approximate surface area is 186 Å². The van der Waals surface area contributed by atoms with Gasteiger partial charge in [0.2, 0.25) is 11.8 Å². The molecule has 1 aromatic carbocycles. The second-order valence-electron chi connectivity index (χ2n) is 8.40. The van der Waals surface area contributed by atoms with E-state index in [0.717, 1.165) is 41.1 Å². The first-order valence-corrected chi connectivity index (χ1v) is 11.9. The molecular weight excluding hydrogens is 410 g/mol. The minimum atomic E-state index is -0.107. The van der Waals surface area contributed by atoms with Crippen molar-refractivity contribution in [1.82, 2.24) is 4.90 Å². The lowest BCUT2D eigenvalue weighted by Gasteiger charge is -2.29. The fraction of sp³-hybridized carbons (Fsp3) is 0.458. The molecule has 2 aromatic rings. The lowest BCUT2D eigenvalue weighted by molar-refractivity contribution is -0.134. The predicted molar refractivity (Wildman–Crippen MR) is 122 cm³/mol. The highest BCUT2D eigenvalue weighted by molar-refractivity contribution is 7.17. The summed E-state index contributed by atoms with van der Waals surface area (Å²) in [6.45, 7) is 4.48. The summed E-state index contributed by atoms with van der Waals surface area (Å²) in [5.41, 5.74) is 5.51. The highest BCUT2D eigenvalue weighted by Crippen LogP contribution is 2.42. The molecule has 0 radical (unpaired) electrons. The fourth-order valence-corrected chi connectivity index (χ4v) is 6.05. The molecule has 2 aliphatic heterocycles. The van der Waals surface area contributed by atoms with E-state index < -0.39 is 0 Å². The number of amides is 2. The zero-order valence-corrected chi connectivity index (χ0v) is 18.7. The van der Waals surface area contributed by atoms with Crippen LogP contribution in [0.5, 0.6) is 0 Å². The number of anilines is 1. The number of carbonyl (C=O) groups is 2. The van der Waals surface area contributed by atoms with Gasteiger partial charge in [-0.05, 0) is 44.2 Å². The van der Waals surface area contributed by atoms with Crippen molar-refractivity contribution >= 4 is 33.9 Å². The first kappa shape index (κ1) is 20.4. The number of fused-ring (bicyclic) bond motifs is 3. The molecule has 0 saturated carbocycles. The van der Waals surface area contributed by atoms with Crippen molar-refractivity contribution in [3.8, 4) is 0 Å². The molecule has 3 aliphatic rings. The van der Waals surface area contributed by atoms with Gasteiger partial charge in [-0.25, -0.2) is 0 Å². The summed E-state index contributed by atoms with van der Waals surface area (Å²) in [5.74, 6) is -0.128. The number of thiophene rings is 1. The Bertz CT molecular complexity index is 1050. The maximum Gasteiger partial charge on any atom is 0.249 e. The van der Waals surface area contributed by atoms with E-state index in [1.807, 2.05) is 6.07 Å². The van der Waals surface area contributed by atoms with E-state index in [2.05, 4.69) is 25.1 Å². The van der Waals surface area contributed by atoms with E-state index in [0.29, 0.717) is 26.3 Å². The first-order valence-electron chi connectivity index (χ1n) is 11.0. The van der Waals surface area contributed by atoms with E-state index in [4.69, 9.17) is 9.73 Å². The van der Waals surface area contributed by atoms with E-state index in [1.165, 1.54) is 22.4 Å². The summed E-state index contributed by atoms with van der Waals surface area (Å²) >= 11 is 1.68. The van der Waals surface area contributed by atoms with E-state index in [9.17, 15) is 9.59 Å². The third kappa shape index (κ3) is 3.92. The molecule has 1 aliphatic carbocycles. The smallest absolute Gasteiger partial charge is 0.249 e. The van der Waals surface area contributed by atoms with Crippen molar-refractivity contribution in [3.05, 3.63) is 51.4 Å². The van der Waals surface area contributed by atoms with Gasteiger partial charge in [-0.2, -0.15) is 0 Å². The number of ether oxygens (including phenoxy) is 1. The number of rotatable bonds is 3. The normalized spacial score (nSPS) is 18.9. The van der Waals surface area contributed by atoms with E-state index in [-0.39, 0.29) is 24.9 Å². The van der Waals surface area contributed by atoms with Crippen LogP contribution in [0.1, 0.15) is 40.0 Å². The van der Waals surface area contributed by atoms with Crippen LogP contribution in [0, 0.1) is 6.92 Å². The summed E-state index contributed by atoms with van der Waals surface area (Å²) in [5, 5.41) is 0.899. The van der Waals surface area contributed by atoms with Crippen molar-refractivity contribution in [2.75, 3.05) is 44.3 Å². The standard InChI is InChI=1S/C24H27N3O3S/c1-16-5-4-6-17(13-16)23-22-18-7-2-3-8-19(18)31-24(22)27(20(28)14-25-23)15-21(29)26-9-11-30-12-10-26/h4-6,13H,2-3,7-12,14-15H2,1H3. The Morgan fingerprint density at radius 1 is 1.19 bits per heavy atom. The average molecular weight is 438 g/mol. The van der Waals surface area contributed by atoms with Crippen molar-refractivity contribution in [2.24, 2.45) is 4.99 Å². The molecule has 1 fully saturated rings. The molecule has 3 heterocycles. The van der Waals surface area contributed by atoms with Crippen LogP contribution < -0.4 is 4.90 Å². The van der Waals surface area contributed by atoms with E-state index in [1.54, 1.807) is 21.1 Å². The molecular formula is C24H27N3O3S. The number of aliphatic imine (C=N–C) groups is 1. The number of aryl methyl sites for hydroxylation is 2. The second-order valence-corrected chi connectivity index (χ2v) is 9.48. The van der Waals surface area contributed by atoms with Gasteiger partial charge in [-0.1, -0.05) is 23.8 Å². The van der Waals surface area contributed by atoms with Gasteiger partial charge in [0.1, 0.15) is 18.1 Å². The predicted octanol–water partition coefficient (Wildman–Crippen LogP) is 2.98. The number of carbonyl (C=O) groups excluding carboxylic acids is 2. The molecule has 2 amide bonds. The highest BCUT2D eigenvalue weighted by Gasteiger charge is 2.34. The molecule has 31 heavy (non-hydrogen) atoms. The molecule has 0 spiro atoms. The molecule has 1 aromatic heterocycles. The van der Waals surface area contributed by atoms with Crippen molar-refractivity contribution in [1.29, 1.82) is 0 Å². The lowest BCUT2D eigenvalue weighted by Crippen LogP contribution is -2.47. The van der Waals surface area contributed by atoms with Crippen LogP contribution in [0.2, 0.25) is 0 Å². The minimum Gasteiger partial charge on any atom is -0.378 e. The van der Waals surface area contributed by atoms with Gasteiger partial charge < -0.3 is 9.64 Å². The molecule has 0 bridgehead atoms. The number of nitrogens with zero attached hydrogens (tertiary/aromatic N) is 3. The zero-order chi connectivity index (χ0) is 21.4. The summed E-state index contributed by atoms with van der Waals surface area (Å²) < 4.78 is 5.37. The van der Waals surface area contributed by atoms with Crippen LogP contribution in [-0.2, 0) is 27.2 Å². The third-order valence-corrected chi connectivity index (χ3v) is 7.57. The maximum absolute atomic E-state index is 13.2. The highest BCUT2D eigenvalue weighted by atomic mass is 32.1. The molecule has 0 atom stereocenters. The molecule has 1 saturated heterocycles. The second kappa shape index (κ2) is 8.55. The van der Waals surface area contributed by atoms with Gasteiger partial charge in [0.15, 0.2) is 0 Å². The summed E-state index contributed by atoms with van der Waals surface area (Å²) in [6.07, 6.45) is 4.36. The zero-order valence-electron chi connectivity index (χ0n) is 17.9. The van der Waals surface area contributed by atoms with Crippen LogP contribution in [-0.4, -0.2) is 61.8 Å². The number of benzene rings is 1. The Morgan fingerprint density at radius 3 is 2.81 bits per heavy atom. The van der Waals surface area contributed by atoms with Crippen LogP contribution in [0.3, 0.4) is 0 Å². The van der Waals surface area contributed by atoms with Gasteiger partial charge in [0.05, 0.1) is 18.9 Å². The fourth-order valence-electron chi connectivity index (χ4n) is 4.65. The SMILES string of the molecule is Cc1cccc(C2=NCC(=O)N(CC(=O)N3CCOCC3)c3sc4c(c32)CCCC4)c1. The number of hydrogen-bond donors (Lipinski definition) is 0. The Hall–Kier alpha value is -2.51. The van der Waals surface area contributed by atoms with Crippen LogP contribution in [0.25, 0.3) is 0 Å². The van der Waals surface area contributed by atoms with Crippen molar-refractivity contribution in [3.63, 3.8) is 0 Å². The van der Waals surface area contributed by atoms with Crippen LogP contribution >= 0.6 is 11.3 Å². The summed E-state index contributed by atoms with van der Waals surface area (Å²) in [7, 11) is 0. The lowest BCUT2D eigenvalue weighted by atomic mass is 9.91. The number of morpholine rings is 1. The largest absolute Gasteiger partial charge is 0.378 e. The number of hydrogen-bond acceptors (Lipinski definition) is 5. The molecule has 0 N–H and O–H groups in total. The monoisotopic (exact) mass is 437 g/mol. The van der Waals surface area contributed by atoms with Gasteiger partial charge >= 0.3 is 0 Å². The topological polar surface area (TPSA) is 62.2 Å². The van der Waals surface area contributed by atoms with E-state index >= 15 is 0 Å². The average Bonchev–Trinajstić information content (AvgIpc) is 3.11. The van der Waals surface area contributed by atoms with Crippen LogP contribution in [0.4, 0.5) is 5.00 Å². The third-order valence-electron chi connectivity index (χ3n) is 6.26. The van der Waals surface area contributed by atoms with Crippen molar-refractivity contribution < 1.29 is 14.3 Å². The molecule has 0 unspecified atom stereocenters. The van der Waals surface area contributed by atoms with Crippen molar-refractivity contribution in [2.45, 2.75) is 32.6 Å².